The first kappa shape index (κ1) is 20.8. The van der Waals surface area contributed by atoms with Crippen molar-refractivity contribution >= 4 is 0 Å². The highest BCUT2D eigenvalue weighted by atomic mass is 19.3. The Morgan fingerprint density at radius 2 is 1.97 bits per heavy atom. The zero-order valence-corrected chi connectivity index (χ0v) is 17.6. The second-order valence-corrected chi connectivity index (χ2v) is 9.51. The van der Waals surface area contributed by atoms with Crippen LogP contribution in [0.1, 0.15) is 50.8 Å². The first-order valence-corrected chi connectivity index (χ1v) is 10.4. The molecule has 4 atom stereocenters. The predicted octanol–water partition coefficient (Wildman–Crippen LogP) is 3.58. The molecular weight excluding hydrogens is 380 g/mol. The fourth-order valence-electron chi connectivity index (χ4n) is 4.47. The molecule has 0 radical (unpaired) electrons. The minimum atomic E-state index is -2.59. The Morgan fingerprint density at radius 1 is 1.24 bits per heavy atom. The number of nitrogens with zero attached hydrogens (tertiary/aromatic N) is 1. The van der Waals surface area contributed by atoms with Crippen molar-refractivity contribution < 1.29 is 28.1 Å². The fraction of sp³-hybridized carbons (Fsp3) is 0.727. The van der Waals surface area contributed by atoms with Gasteiger partial charge in [0.05, 0.1) is 37.4 Å². The second kappa shape index (κ2) is 7.36. The van der Waals surface area contributed by atoms with Gasteiger partial charge in [-0.05, 0) is 56.9 Å². The third-order valence-electron chi connectivity index (χ3n) is 6.10. The van der Waals surface area contributed by atoms with E-state index in [0.717, 1.165) is 24.1 Å². The van der Waals surface area contributed by atoms with Crippen LogP contribution in [0.4, 0.5) is 8.78 Å². The van der Waals surface area contributed by atoms with E-state index in [1.165, 1.54) is 0 Å². The van der Waals surface area contributed by atoms with Crippen LogP contribution in [-0.4, -0.2) is 60.5 Å². The minimum Gasteiger partial charge on any atom is -0.493 e. The summed E-state index contributed by atoms with van der Waals surface area (Å²) in [7, 11) is 1.56. The average molecular weight is 411 g/mol. The molecule has 1 saturated heterocycles. The van der Waals surface area contributed by atoms with Crippen LogP contribution in [0.25, 0.3) is 0 Å². The van der Waals surface area contributed by atoms with E-state index in [4.69, 9.17) is 14.2 Å². The molecule has 0 amide bonds. The Labute approximate surface area is 170 Å². The summed E-state index contributed by atoms with van der Waals surface area (Å²) < 4.78 is 43.6. The van der Waals surface area contributed by atoms with Crippen LogP contribution < -0.4 is 9.47 Å². The Hall–Kier alpha value is -1.44. The Kier molecular flexibility index (Phi) is 5.28. The van der Waals surface area contributed by atoms with Crippen LogP contribution in [0.5, 0.6) is 11.5 Å². The molecule has 0 unspecified atom stereocenters. The normalized spacial score (nSPS) is 31.0. The van der Waals surface area contributed by atoms with E-state index in [1.807, 2.05) is 32.9 Å². The summed E-state index contributed by atoms with van der Waals surface area (Å²) in [5, 5.41) is 10.7. The van der Waals surface area contributed by atoms with Crippen LogP contribution in [0.15, 0.2) is 12.1 Å². The Balaban J connectivity index is 1.51. The van der Waals surface area contributed by atoms with Crippen molar-refractivity contribution in [2.75, 3.05) is 26.8 Å². The number of ether oxygens (including phenoxy) is 3. The van der Waals surface area contributed by atoms with Crippen molar-refractivity contribution in [1.29, 1.82) is 0 Å². The number of alkyl halides is 2. The lowest BCUT2D eigenvalue weighted by Crippen LogP contribution is -2.53. The number of hydrogen-bond donors (Lipinski definition) is 1. The first-order valence-electron chi connectivity index (χ1n) is 10.4. The van der Waals surface area contributed by atoms with Gasteiger partial charge >= 0.3 is 0 Å². The summed E-state index contributed by atoms with van der Waals surface area (Å²) in [4.78, 5) is 2.36. The summed E-state index contributed by atoms with van der Waals surface area (Å²) in [6.45, 7) is 7.55. The predicted molar refractivity (Wildman–Crippen MR) is 105 cm³/mol. The van der Waals surface area contributed by atoms with Crippen LogP contribution in [-0.2, 0) is 11.2 Å². The standard InChI is InChI=1S/C22H31F2NO4/c1-21(2,3)29-20-11-25-6-5-13-7-19(28-12-14-10-22(14,23)24)18(27-4)8-15(13)16(25)9-17(20)26/h7-8,14,16-17,20,26H,5-6,9-12H2,1-4H3/t14-,16-,17-,20-/m1/s1. The minimum absolute atomic E-state index is 0.00222. The first-order chi connectivity index (χ1) is 13.6. The van der Waals surface area contributed by atoms with Crippen molar-refractivity contribution in [3.8, 4) is 11.5 Å². The molecule has 2 fully saturated rings. The van der Waals surface area contributed by atoms with Gasteiger partial charge in [-0.1, -0.05) is 0 Å². The molecule has 3 aliphatic rings. The van der Waals surface area contributed by atoms with E-state index in [2.05, 4.69) is 4.90 Å². The molecule has 1 aromatic carbocycles. The number of fused-ring (bicyclic) bond motifs is 3. The molecule has 2 heterocycles. The maximum Gasteiger partial charge on any atom is 0.255 e. The molecule has 7 heteroatoms. The molecular formula is C22H31F2NO4. The van der Waals surface area contributed by atoms with Crippen LogP contribution in [0.3, 0.4) is 0 Å². The number of benzene rings is 1. The molecule has 1 aliphatic carbocycles. The lowest BCUT2D eigenvalue weighted by atomic mass is 9.84. The maximum absolute atomic E-state index is 13.2. The van der Waals surface area contributed by atoms with Gasteiger partial charge in [0.2, 0.25) is 0 Å². The molecule has 5 nitrogen and oxygen atoms in total. The van der Waals surface area contributed by atoms with Gasteiger partial charge in [-0.25, -0.2) is 8.78 Å². The monoisotopic (exact) mass is 411 g/mol. The number of piperidine rings is 1. The number of aliphatic hydroxyl groups excluding tert-OH is 1. The summed E-state index contributed by atoms with van der Waals surface area (Å²) in [6, 6.07) is 3.96. The number of rotatable bonds is 5. The van der Waals surface area contributed by atoms with E-state index in [9.17, 15) is 13.9 Å². The van der Waals surface area contributed by atoms with Gasteiger partial charge in [0.15, 0.2) is 11.5 Å². The molecule has 29 heavy (non-hydrogen) atoms. The highest BCUT2D eigenvalue weighted by Gasteiger charge is 2.57. The highest BCUT2D eigenvalue weighted by Crippen LogP contribution is 2.49. The number of halogens is 2. The van der Waals surface area contributed by atoms with Crippen molar-refractivity contribution in [3.05, 3.63) is 23.3 Å². The molecule has 1 N–H and O–H groups in total. The SMILES string of the molecule is COc1cc2c(cc1OC[C@H]1CC1(F)F)CCN1C[C@@H](OC(C)(C)C)[C@H](O)C[C@H]21. The molecule has 4 rings (SSSR count). The smallest absolute Gasteiger partial charge is 0.255 e. The Morgan fingerprint density at radius 3 is 2.59 bits per heavy atom. The zero-order chi connectivity index (χ0) is 21.0. The van der Waals surface area contributed by atoms with Gasteiger partial charge in [0.25, 0.3) is 5.92 Å². The molecule has 2 aliphatic heterocycles. The van der Waals surface area contributed by atoms with E-state index >= 15 is 0 Å². The lowest BCUT2D eigenvalue weighted by molar-refractivity contribution is -0.149. The van der Waals surface area contributed by atoms with Gasteiger partial charge < -0.3 is 19.3 Å². The van der Waals surface area contributed by atoms with Gasteiger partial charge in [-0.15, -0.1) is 0 Å². The maximum atomic E-state index is 13.2. The lowest BCUT2D eigenvalue weighted by Gasteiger charge is -2.46. The van der Waals surface area contributed by atoms with Crippen molar-refractivity contribution in [2.24, 2.45) is 5.92 Å². The largest absolute Gasteiger partial charge is 0.493 e. The van der Waals surface area contributed by atoms with Crippen molar-refractivity contribution in [1.82, 2.24) is 4.90 Å². The van der Waals surface area contributed by atoms with E-state index in [1.54, 1.807) is 7.11 Å². The molecule has 0 bridgehead atoms. The Bertz CT molecular complexity index is 764. The average Bonchev–Trinajstić information content (AvgIpc) is 3.25. The second-order valence-electron chi connectivity index (χ2n) is 9.51. The topological polar surface area (TPSA) is 51.2 Å². The van der Waals surface area contributed by atoms with Crippen molar-refractivity contribution in [2.45, 2.75) is 69.8 Å². The molecule has 1 saturated carbocycles. The van der Waals surface area contributed by atoms with Gasteiger partial charge in [-0.2, -0.15) is 0 Å². The zero-order valence-electron chi connectivity index (χ0n) is 17.6. The van der Waals surface area contributed by atoms with E-state index in [-0.39, 0.29) is 30.8 Å². The van der Waals surface area contributed by atoms with Gasteiger partial charge in [-0.3, -0.25) is 4.90 Å². The van der Waals surface area contributed by atoms with E-state index in [0.29, 0.717) is 24.5 Å². The quantitative estimate of drug-likeness (QED) is 0.803. The third kappa shape index (κ3) is 4.37. The summed E-state index contributed by atoms with van der Waals surface area (Å²) in [5.41, 5.74) is 1.94. The van der Waals surface area contributed by atoms with E-state index < -0.39 is 17.9 Å². The summed E-state index contributed by atoms with van der Waals surface area (Å²) in [5.74, 6) is -2.22. The molecule has 162 valence electrons. The van der Waals surface area contributed by atoms with Gasteiger partial charge in [0.1, 0.15) is 0 Å². The fourth-order valence-corrected chi connectivity index (χ4v) is 4.47. The van der Waals surface area contributed by atoms with Crippen LogP contribution >= 0.6 is 0 Å². The number of methoxy groups -OCH3 is 1. The van der Waals surface area contributed by atoms with Crippen molar-refractivity contribution in [3.63, 3.8) is 0 Å². The molecule has 1 aromatic rings. The molecule has 0 aromatic heterocycles. The summed E-state index contributed by atoms with van der Waals surface area (Å²) >= 11 is 0. The highest BCUT2D eigenvalue weighted by molar-refractivity contribution is 5.49. The van der Waals surface area contributed by atoms with Gasteiger partial charge in [0, 0.05) is 25.6 Å². The number of aliphatic hydroxyl groups is 1. The van der Waals surface area contributed by atoms with Crippen LogP contribution in [0.2, 0.25) is 0 Å². The molecule has 0 spiro atoms. The summed E-state index contributed by atoms with van der Waals surface area (Å²) in [6.07, 6.45) is 0.570. The number of hydrogen-bond acceptors (Lipinski definition) is 5. The van der Waals surface area contributed by atoms with Crippen LogP contribution in [0, 0.1) is 5.92 Å². The third-order valence-corrected chi connectivity index (χ3v) is 6.10.